The second-order valence-electron chi connectivity index (χ2n) is 8.78. The molecule has 140 valence electrons. The Morgan fingerprint density at radius 3 is 2.31 bits per heavy atom. The van der Waals surface area contributed by atoms with Crippen LogP contribution in [-0.4, -0.2) is 23.5 Å². The van der Waals surface area contributed by atoms with Crippen LogP contribution in [0.5, 0.6) is 0 Å². The summed E-state index contributed by atoms with van der Waals surface area (Å²) in [5, 5.41) is 14.7. The summed E-state index contributed by atoms with van der Waals surface area (Å²) < 4.78 is 0. The summed E-state index contributed by atoms with van der Waals surface area (Å²) >= 11 is 0. The molecule has 4 fully saturated rings. The number of hydrogen-bond donors (Lipinski definition) is 3. The van der Waals surface area contributed by atoms with Crippen LogP contribution in [0.15, 0.2) is 24.3 Å². The van der Waals surface area contributed by atoms with Gasteiger partial charge in [0, 0.05) is 12.1 Å². The van der Waals surface area contributed by atoms with Crippen LogP contribution in [0.2, 0.25) is 0 Å². The number of aliphatic hydroxyl groups excluding tert-OH is 1. The fourth-order valence-corrected chi connectivity index (χ4v) is 6.04. The molecule has 4 saturated carbocycles. The number of rotatable bonds is 6. The molecule has 0 heterocycles. The summed E-state index contributed by atoms with van der Waals surface area (Å²) in [6, 6.07) is 7.08. The van der Waals surface area contributed by atoms with Crippen molar-refractivity contribution in [2.75, 3.05) is 11.9 Å². The summed E-state index contributed by atoms with van der Waals surface area (Å²) in [5.41, 5.74) is 1.58. The predicted octanol–water partition coefficient (Wildman–Crippen LogP) is 2.84. The van der Waals surface area contributed by atoms with Crippen LogP contribution in [0, 0.1) is 23.2 Å². The first-order valence-electron chi connectivity index (χ1n) is 9.80. The highest BCUT2D eigenvalue weighted by molar-refractivity contribution is 5.94. The van der Waals surface area contributed by atoms with E-state index in [1.54, 1.807) is 24.3 Å². The van der Waals surface area contributed by atoms with Crippen LogP contribution >= 0.6 is 0 Å². The Morgan fingerprint density at radius 2 is 1.69 bits per heavy atom. The van der Waals surface area contributed by atoms with Crippen molar-refractivity contribution in [1.29, 1.82) is 0 Å². The highest BCUT2D eigenvalue weighted by Crippen LogP contribution is 2.61. The highest BCUT2D eigenvalue weighted by Gasteiger charge is 2.51. The number of anilines is 1. The second kappa shape index (κ2) is 7.03. The van der Waals surface area contributed by atoms with Gasteiger partial charge in [0.1, 0.15) is 0 Å². The number of amides is 2. The molecule has 0 aliphatic heterocycles. The van der Waals surface area contributed by atoms with E-state index in [2.05, 4.69) is 10.6 Å². The minimum absolute atomic E-state index is 0.00541. The molecule has 2 amide bonds. The van der Waals surface area contributed by atoms with Crippen molar-refractivity contribution in [3.63, 3.8) is 0 Å². The standard InChI is InChI=1S/C21H28N2O3/c24-13-14-2-1-3-18(7-14)23-20(26)12-22-19(25)11-21-8-15-4-16(9-21)6-17(5-15)10-21/h1-3,7,15-17,24H,4-6,8-13H2,(H,22,25)(H,23,26). The number of carbonyl (C=O) groups excluding carboxylic acids is 2. The third-order valence-electron chi connectivity index (χ3n) is 6.54. The minimum atomic E-state index is -0.237. The zero-order valence-electron chi connectivity index (χ0n) is 15.2. The van der Waals surface area contributed by atoms with Gasteiger partial charge in [-0.25, -0.2) is 0 Å². The quantitative estimate of drug-likeness (QED) is 0.733. The normalized spacial score (nSPS) is 31.7. The van der Waals surface area contributed by atoms with Crippen molar-refractivity contribution >= 4 is 17.5 Å². The van der Waals surface area contributed by atoms with E-state index in [0.717, 1.165) is 23.3 Å². The lowest BCUT2D eigenvalue weighted by Crippen LogP contribution is -2.48. The first-order valence-corrected chi connectivity index (χ1v) is 9.80. The van der Waals surface area contributed by atoms with Crippen LogP contribution in [0.3, 0.4) is 0 Å². The van der Waals surface area contributed by atoms with E-state index in [1.165, 1.54) is 38.5 Å². The second-order valence-corrected chi connectivity index (χ2v) is 8.78. The average Bonchev–Trinajstić information content (AvgIpc) is 2.58. The van der Waals surface area contributed by atoms with Gasteiger partial charge in [0.05, 0.1) is 13.2 Å². The van der Waals surface area contributed by atoms with Gasteiger partial charge in [0.25, 0.3) is 0 Å². The Hall–Kier alpha value is -1.88. The summed E-state index contributed by atoms with van der Waals surface area (Å²) in [7, 11) is 0. The first kappa shape index (κ1) is 17.5. The van der Waals surface area contributed by atoms with E-state index in [1.807, 2.05) is 0 Å². The molecule has 5 rings (SSSR count). The van der Waals surface area contributed by atoms with Gasteiger partial charge in [-0.2, -0.15) is 0 Å². The lowest BCUT2D eigenvalue weighted by Gasteiger charge is -2.56. The van der Waals surface area contributed by atoms with Gasteiger partial charge in [0.15, 0.2) is 0 Å². The molecular weight excluding hydrogens is 328 g/mol. The lowest BCUT2D eigenvalue weighted by molar-refractivity contribution is -0.131. The Kier molecular flexibility index (Phi) is 4.74. The molecule has 0 atom stereocenters. The Labute approximate surface area is 154 Å². The van der Waals surface area contributed by atoms with Crippen LogP contribution < -0.4 is 10.6 Å². The summed E-state index contributed by atoms with van der Waals surface area (Å²) in [4.78, 5) is 24.6. The van der Waals surface area contributed by atoms with Gasteiger partial charge in [-0.15, -0.1) is 0 Å². The molecule has 4 aliphatic rings. The Morgan fingerprint density at radius 1 is 1.04 bits per heavy atom. The number of hydrogen-bond acceptors (Lipinski definition) is 3. The fourth-order valence-electron chi connectivity index (χ4n) is 6.04. The number of carbonyl (C=O) groups is 2. The smallest absolute Gasteiger partial charge is 0.243 e. The predicted molar refractivity (Wildman–Crippen MR) is 99.2 cm³/mol. The molecule has 1 aromatic carbocycles. The third kappa shape index (κ3) is 3.78. The molecule has 5 nitrogen and oxygen atoms in total. The molecular formula is C21H28N2O3. The molecule has 0 radical (unpaired) electrons. The van der Waals surface area contributed by atoms with E-state index in [0.29, 0.717) is 12.1 Å². The zero-order valence-corrected chi connectivity index (χ0v) is 15.2. The van der Waals surface area contributed by atoms with Gasteiger partial charge in [0.2, 0.25) is 11.8 Å². The lowest BCUT2D eigenvalue weighted by atomic mass is 9.49. The van der Waals surface area contributed by atoms with Gasteiger partial charge in [-0.1, -0.05) is 12.1 Å². The van der Waals surface area contributed by atoms with Crippen molar-refractivity contribution in [1.82, 2.24) is 5.32 Å². The van der Waals surface area contributed by atoms with Gasteiger partial charge in [-0.05, 0) is 79.4 Å². The van der Waals surface area contributed by atoms with Gasteiger partial charge in [-0.3, -0.25) is 9.59 Å². The molecule has 0 aromatic heterocycles. The monoisotopic (exact) mass is 356 g/mol. The minimum Gasteiger partial charge on any atom is -0.392 e. The van der Waals surface area contributed by atoms with E-state index in [-0.39, 0.29) is 30.4 Å². The SMILES string of the molecule is O=C(CC12CC3CC(CC(C3)C1)C2)NCC(=O)Nc1cccc(CO)c1. The maximum Gasteiger partial charge on any atom is 0.243 e. The molecule has 3 N–H and O–H groups in total. The fraction of sp³-hybridized carbons (Fsp3) is 0.619. The molecule has 26 heavy (non-hydrogen) atoms. The van der Waals surface area contributed by atoms with Crippen LogP contribution in [-0.2, 0) is 16.2 Å². The van der Waals surface area contributed by atoms with Gasteiger partial charge < -0.3 is 15.7 Å². The first-order chi connectivity index (χ1) is 12.5. The molecule has 0 saturated heterocycles. The maximum atomic E-state index is 12.5. The molecule has 5 heteroatoms. The van der Waals surface area contributed by atoms with Crippen molar-refractivity contribution in [3.8, 4) is 0 Å². The van der Waals surface area contributed by atoms with E-state index < -0.39 is 0 Å². The largest absolute Gasteiger partial charge is 0.392 e. The van der Waals surface area contributed by atoms with Crippen molar-refractivity contribution < 1.29 is 14.7 Å². The van der Waals surface area contributed by atoms with E-state index in [4.69, 9.17) is 5.11 Å². The molecule has 1 aromatic rings. The Bertz CT molecular complexity index is 665. The number of benzene rings is 1. The summed E-state index contributed by atoms with van der Waals surface area (Å²) in [6.45, 7) is -0.0694. The molecule has 4 aliphatic carbocycles. The molecule has 4 bridgehead atoms. The number of nitrogens with one attached hydrogen (secondary N) is 2. The van der Waals surface area contributed by atoms with E-state index in [9.17, 15) is 9.59 Å². The van der Waals surface area contributed by atoms with Crippen molar-refractivity contribution in [2.45, 2.75) is 51.6 Å². The summed E-state index contributed by atoms with van der Waals surface area (Å²) in [5.74, 6) is 2.26. The third-order valence-corrected chi connectivity index (χ3v) is 6.54. The molecule has 0 unspecified atom stereocenters. The van der Waals surface area contributed by atoms with E-state index >= 15 is 0 Å². The van der Waals surface area contributed by atoms with Crippen molar-refractivity contribution in [2.24, 2.45) is 23.2 Å². The van der Waals surface area contributed by atoms with Crippen LogP contribution in [0.1, 0.15) is 50.5 Å². The topological polar surface area (TPSA) is 78.4 Å². The van der Waals surface area contributed by atoms with Crippen LogP contribution in [0.25, 0.3) is 0 Å². The Balaban J connectivity index is 1.27. The average molecular weight is 356 g/mol. The van der Waals surface area contributed by atoms with Crippen molar-refractivity contribution in [3.05, 3.63) is 29.8 Å². The highest BCUT2D eigenvalue weighted by atomic mass is 16.3. The van der Waals surface area contributed by atoms with Crippen LogP contribution in [0.4, 0.5) is 5.69 Å². The summed E-state index contributed by atoms with van der Waals surface area (Å²) in [6.07, 6.45) is 8.29. The number of aliphatic hydroxyl groups is 1. The zero-order chi connectivity index (χ0) is 18.1. The maximum absolute atomic E-state index is 12.5. The van der Waals surface area contributed by atoms with Gasteiger partial charge >= 0.3 is 0 Å². The molecule has 0 spiro atoms.